The van der Waals surface area contributed by atoms with Crippen LogP contribution in [0.2, 0.25) is 5.02 Å². The number of aromatic hydroxyl groups is 1. The van der Waals surface area contributed by atoms with Crippen LogP contribution in [0.15, 0.2) is 48.0 Å². The van der Waals surface area contributed by atoms with Gasteiger partial charge in [-0.05, 0) is 43.0 Å². The Labute approximate surface area is 264 Å². The van der Waals surface area contributed by atoms with Crippen LogP contribution in [-0.2, 0) is 19.2 Å². The highest BCUT2D eigenvalue weighted by Crippen LogP contribution is 2.67. The molecule has 6 rings (SSSR count). The molecule has 2 saturated heterocycles. The molecule has 0 bridgehead atoms. The first-order valence-electron chi connectivity index (χ1n) is 13.0. The number of carbonyl (C=O) groups excluding carboxylic acids is 4. The molecule has 2 aliphatic carbocycles. The number of hydrogen-bond donors (Lipinski definition) is 1. The number of methoxy groups -OCH3 is 2. The maximum absolute atomic E-state index is 14.1. The SMILES string of the molecule is COc1cc(O)cc(OC)c1C1C2=CCC3C(=O)N(c4ccc(Cl)cc4)C(=O)C3C2CC2(Cl)C(=O)N(CBr)C(=O)C12Cl. The fraction of sp³-hybridized carbons (Fsp3) is 0.379. The van der Waals surface area contributed by atoms with Crippen molar-refractivity contribution in [2.45, 2.75) is 28.5 Å². The molecule has 2 aromatic rings. The number of phenolic OH excluding ortho intramolecular Hbond substituents is 1. The molecule has 220 valence electrons. The van der Waals surface area contributed by atoms with Gasteiger partial charge in [-0.25, -0.2) is 0 Å². The van der Waals surface area contributed by atoms with Gasteiger partial charge in [0, 0.05) is 28.6 Å². The smallest absolute Gasteiger partial charge is 0.254 e. The number of imide groups is 2. The summed E-state index contributed by atoms with van der Waals surface area (Å²) in [6, 6.07) is 9.07. The zero-order valence-corrected chi connectivity index (χ0v) is 26.1. The summed E-state index contributed by atoms with van der Waals surface area (Å²) in [4.78, 5) is 53.7. The fourth-order valence-corrected chi connectivity index (χ4v) is 8.66. The van der Waals surface area contributed by atoms with Crippen molar-refractivity contribution in [1.29, 1.82) is 0 Å². The first-order chi connectivity index (χ1) is 19.9. The van der Waals surface area contributed by atoms with E-state index in [1.807, 2.05) is 6.08 Å². The number of allylic oxidation sites excluding steroid dienone is 2. The summed E-state index contributed by atoms with van der Waals surface area (Å²) < 4.78 is 11.2. The van der Waals surface area contributed by atoms with E-state index >= 15 is 0 Å². The van der Waals surface area contributed by atoms with E-state index < -0.39 is 51.1 Å². The molecule has 2 heterocycles. The molecule has 6 atom stereocenters. The normalized spacial score (nSPS) is 32.0. The topological polar surface area (TPSA) is 113 Å². The first-order valence-corrected chi connectivity index (χ1v) is 15.3. The van der Waals surface area contributed by atoms with Crippen LogP contribution in [-0.4, -0.2) is 63.1 Å². The minimum Gasteiger partial charge on any atom is -0.508 e. The van der Waals surface area contributed by atoms with Gasteiger partial charge in [-0.15, -0.1) is 23.2 Å². The van der Waals surface area contributed by atoms with Gasteiger partial charge in [0.2, 0.25) is 11.8 Å². The molecule has 0 aromatic heterocycles. The number of benzene rings is 2. The molecule has 4 aliphatic rings. The minimum absolute atomic E-state index is 0.147. The van der Waals surface area contributed by atoms with Gasteiger partial charge in [0.05, 0.1) is 37.2 Å². The summed E-state index contributed by atoms with van der Waals surface area (Å²) >= 11 is 23.8. The molecule has 0 spiro atoms. The number of fused-ring (bicyclic) bond motifs is 4. The van der Waals surface area contributed by atoms with Crippen molar-refractivity contribution in [3.8, 4) is 17.2 Å². The summed E-state index contributed by atoms with van der Waals surface area (Å²) in [7, 11) is 2.77. The number of likely N-dealkylation sites (tertiary alicyclic amines) is 1. The molecule has 3 fully saturated rings. The molecule has 2 aliphatic heterocycles. The number of alkyl halides is 3. The molecule has 1 saturated carbocycles. The Bertz CT molecular complexity index is 1560. The van der Waals surface area contributed by atoms with Crippen molar-refractivity contribution in [1.82, 2.24) is 4.90 Å². The summed E-state index contributed by atoms with van der Waals surface area (Å²) in [5.74, 6) is -5.55. The number of halogens is 4. The van der Waals surface area contributed by atoms with Gasteiger partial charge >= 0.3 is 0 Å². The monoisotopic (exact) mass is 696 g/mol. The fourth-order valence-electron chi connectivity index (χ4n) is 7.12. The molecule has 42 heavy (non-hydrogen) atoms. The third kappa shape index (κ3) is 3.74. The number of hydrogen-bond acceptors (Lipinski definition) is 7. The number of ether oxygens (including phenoxy) is 2. The van der Waals surface area contributed by atoms with Gasteiger partial charge in [0.25, 0.3) is 11.8 Å². The van der Waals surface area contributed by atoms with Gasteiger partial charge in [-0.3, -0.25) is 29.0 Å². The average Bonchev–Trinajstić information content (AvgIpc) is 3.31. The second-order valence-corrected chi connectivity index (χ2v) is 12.9. The van der Waals surface area contributed by atoms with Crippen molar-refractivity contribution >= 4 is 80.0 Å². The van der Waals surface area contributed by atoms with Crippen molar-refractivity contribution in [3.63, 3.8) is 0 Å². The number of nitrogens with zero attached hydrogens (tertiary/aromatic N) is 2. The molecule has 13 heteroatoms. The zero-order chi connectivity index (χ0) is 30.3. The van der Waals surface area contributed by atoms with Crippen LogP contribution < -0.4 is 14.4 Å². The van der Waals surface area contributed by atoms with Crippen molar-refractivity contribution in [2.24, 2.45) is 17.8 Å². The largest absolute Gasteiger partial charge is 0.508 e. The average molecular weight is 699 g/mol. The Morgan fingerprint density at radius 1 is 0.976 bits per heavy atom. The molecule has 4 amide bonds. The number of rotatable bonds is 5. The molecular formula is C29H24BrCl3N2O7. The van der Waals surface area contributed by atoms with Gasteiger partial charge in [-0.1, -0.05) is 39.2 Å². The Morgan fingerprint density at radius 3 is 2.17 bits per heavy atom. The number of carbonyl (C=O) groups is 4. The Hall–Kier alpha value is -2.79. The van der Waals surface area contributed by atoms with Crippen LogP contribution in [0.5, 0.6) is 17.2 Å². The second-order valence-electron chi connectivity index (χ2n) is 10.7. The zero-order valence-electron chi connectivity index (χ0n) is 22.3. The van der Waals surface area contributed by atoms with E-state index in [0.29, 0.717) is 16.3 Å². The van der Waals surface area contributed by atoms with Crippen LogP contribution >= 0.6 is 50.7 Å². The predicted octanol–water partition coefficient (Wildman–Crippen LogP) is 4.98. The van der Waals surface area contributed by atoms with Crippen LogP contribution in [0.1, 0.15) is 24.3 Å². The molecule has 0 radical (unpaired) electrons. The van der Waals surface area contributed by atoms with Gasteiger partial charge < -0.3 is 14.6 Å². The van der Waals surface area contributed by atoms with E-state index in [-0.39, 0.29) is 47.0 Å². The highest BCUT2D eigenvalue weighted by atomic mass is 79.9. The summed E-state index contributed by atoms with van der Waals surface area (Å²) in [5.41, 5.74) is 1.09. The number of anilines is 1. The summed E-state index contributed by atoms with van der Waals surface area (Å²) in [6.45, 7) is 0. The van der Waals surface area contributed by atoms with E-state index in [1.165, 1.54) is 26.4 Å². The summed E-state index contributed by atoms with van der Waals surface area (Å²) in [5, 5.41) is 10.8. The first kappa shape index (κ1) is 29.3. The van der Waals surface area contributed by atoms with Crippen molar-refractivity contribution in [3.05, 3.63) is 58.6 Å². The van der Waals surface area contributed by atoms with E-state index in [0.717, 1.165) is 9.80 Å². The highest BCUT2D eigenvalue weighted by Gasteiger charge is 2.76. The molecular weight excluding hydrogens is 675 g/mol. The second kappa shape index (κ2) is 10.1. The van der Waals surface area contributed by atoms with Crippen molar-refractivity contribution < 1.29 is 33.8 Å². The van der Waals surface area contributed by atoms with Gasteiger partial charge in [0.15, 0.2) is 9.75 Å². The Kier molecular flexibility index (Phi) is 7.08. The lowest BCUT2D eigenvalue weighted by Crippen LogP contribution is -2.60. The Morgan fingerprint density at radius 2 is 1.60 bits per heavy atom. The van der Waals surface area contributed by atoms with E-state index in [1.54, 1.807) is 24.3 Å². The number of amides is 4. The lowest BCUT2D eigenvalue weighted by atomic mass is 9.56. The van der Waals surface area contributed by atoms with Crippen molar-refractivity contribution in [2.75, 3.05) is 24.6 Å². The van der Waals surface area contributed by atoms with E-state index in [2.05, 4.69) is 15.9 Å². The molecule has 2 aromatic carbocycles. The highest BCUT2D eigenvalue weighted by molar-refractivity contribution is 9.09. The Balaban J connectivity index is 1.57. The predicted molar refractivity (Wildman–Crippen MR) is 158 cm³/mol. The molecule has 6 unspecified atom stereocenters. The number of phenols is 1. The lowest BCUT2D eigenvalue weighted by molar-refractivity contribution is -0.138. The molecule has 9 nitrogen and oxygen atoms in total. The molecule has 1 N–H and O–H groups in total. The minimum atomic E-state index is -2.05. The van der Waals surface area contributed by atoms with Crippen LogP contribution in [0.25, 0.3) is 0 Å². The maximum Gasteiger partial charge on any atom is 0.254 e. The third-order valence-corrected chi connectivity index (χ3v) is 11.1. The van der Waals surface area contributed by atoms with Crippen LogP contribution in [0, 0.1) is 17.8 Å². The van der Waals surface area contributed by atoms with Crippen LogP contribution in [0.3, 0.4) is 0 Å². The third-order valence-electron chi connectivity index (χ3n) is 8.92. The maximum atomic E-state index is 14.1. The quantitative estimate of drug-likeness (QED) is 0.203. The standard InChI is InChI=1S/C29H24BrCl3N2O7/c1-41-19-9-15(36)10-20(42-2)22(19)23-16-7-8-17-21(25(38)35(24(17)37)14-5-3-13(31)4-6-14)18(16)11-28(32)26(39)34(12-30)27(40)29(23,28)33/h3-7,9-10,17-18,21,23,36H,8,11-12H2,1-2H3. The lowest BCUT2D eigenvalue weighted by Gasteiger charge is -2.51. The van der Waals surface area contributed by atoms with Crippen LogP contribution in [0.4, 0.5) is 5.69 Å². The summed E-state index contributed by atoms with van der Waals surface area (Å²) in [6.07, 6.45) is 1.84. The van der Waals surface area contributed by atoms with Gasteiger partial charge in [0.1, 0.15) is 17.2 Å². The van der Waals surface area contributed by atoms with E-state index in [4.69, 9.17) is 44.3 Å². The van der Waals surface area contributed by atoms with E-state index in [9.17, 15) is 24.3 Å². The van der Waals surface area contributed by atoms with Gasteiger partial charge in [-0.2, -0.15) is 0 Å².